The van der Waals surface area contributed by atoms with E-state index in [-0.39, 0.29) is 24.8 Å². The van der Waals surface area contributed by atoms with Crippen LogP contribution in [0.5, 0.6) is 0 Å². The standard InChI is InChI=1S/C10H19NO4.C10H18O3.C3H6O/c1-9(2,3)14-7(12)11-8(13)15-10(4,5)6;1-8-7-9(11)5-3-2-4-6-10(12)13-8;1-2-3-4/h1-6H3,(H,11,12,13);8-9,11H,2-7H2,1H3;2,4H,1,3H2. The number of nitrogens with one attached hydrogen (secondary N) is 1. The van der Waals surface area contributed by atoms with Gasteiger partial charge in [-0.25, -0.2) is 14.9 Å². The normalized spacial score (nSPS) is 19.5. The number of aliphatic hydroxyl groups excluding tert-OH is 2. The van der Waals surface area contributed by atoms with E-state index in [1.807, 2.05) is 12.2 Å². The van der Waals surface area contributed by atoms with Crippen LogP contribution in [0.15, 0.2) is 12.7 Å². The number of carbonyl (C=O) groups is 3. The number of cyclic esters (lactones) is 1. The number of aliphatic hydroxyl groups is 2. The van der Waals surface area contributed by atoms with Crippen LogP contribution < -0.4 is 5.32 Å². The zero-order valence-corrected chi connectivity index (χ0v) is 20.7. The van der Waals surface area contributed by atoms with E-state index in [0.29, 0.717) is 12.8 Å². The third-order valence-electron chi connectivity index (χ3n) is 3.49. The average Bonchev–Trinajstić information content (AvgIpc) is 2.58. The lowest BCUT2D eigenvalue weighted by molar-refractivity contribution is -0.149. The Morgan fingerprint density at radius 3 is 1.97 bits per heavy atom. The molecule has 9 heteroatoms. The molecule has 0 bridgehead atoms. The van der Waals surface area contributed by atoms with Crippen LogP contribution >= 0.6 is 0 Å². The summed E-state index contributed by atoms with van der Waals surface area (Å²) in [5, 5.41) is 19.2. The summed E-state index contributed by atoms with van der Waals surface area (Å²) < 4.78 is 14.8. The Morgan fingerprint density at radius 2 is 1.56 bits per heavy atom. The van der Waals surface area contributed by atoms with Gasteiger partial charge in [-0.3, -0.25) is 4.79 Å². The summed E-state index contributed by atoms with van der Waals surface area (Å²) in [4.78, 5) is 33.4. The van der Waals surface area contributed by atoms with Gasteiger partial charge in [-0.15, -0.1) is 6.58 Å². The summed E-state index contributed by atoms with van der Waals surface area (Å²) in [6.07, 6.45) is 4.23. The molecule has 1 saturated heterocycles. The summed E-state index contributed by atoms with van der Waals surface area (Å²) >= 11 is 0. The van der Waals surface area contributed by atoms with Gasteiger partial charge in [0.1, 0.15) is 17.3 Å². The second-order valence-corrected chi connectivity index (χ2v) is 9.39. The molecule has 188 valence electrons. The van der Waals surface area contributed by atoms with Gasteiger partial charge in [-0.2, -0.15) is 0 Å². The molecule has 0 aliphatic carbocycles. The van der Waals surface area contributed by atoms with Crippen LogP contribution in [0.2, 0.25) is 0 Å². The van der Waals surface area contributed by atoms with Gasteiger partial charge < -0.3 is 24.4 Å². The molecule has 0 aromatic rings. The third kappa shape index (κ3) is 24.1. The van der Waals surface area contributed by atoms with E-state index >= 15 is 0 Å². The molecule has 1 aliphatic heterocycles. The number of hydrogen-bond donors (Lipinski definition) is 3. The highest BCUT2D eigenvalue weighted by Gasteiger charge is 2.22. The third-order valence-corrected chi connectivity index (χ3v) is 3.49. The number of alkyl carbamates (subject to hydrolysis) is 2. The molecule has 2 unspecified atom stereocenters. The van der Waals surface area contributed by atoms with E-state index in [1.165, 1.54) is 6.08 Å². The number of carbonyl (C=O) groups excluding carboxylic acids is 3. The maximum atomic E-state index is 11.1. The number of ether oxygens (including phenoxy) is 3. The van der Waals surface area contributed by atoms with Crippen molar-refractivity contribution in [2.45, 2.75) is 110 Å². The Morgan fingerprint density at radius 1 is 1.09 bits per heavy atom. The average molecular weight is 462 g/mol. The van der Waals surface area contributed by atoms with Gasteiger partial charge in [0, 0.05) is 12.8 Å². The number of imide groups is 1. The van der Waals surface area contributed by atoms with Crippen LogP contribution in [-0.2, 0) is 19.0 Å². The maximum absolute atomic E-state index is 11.1. The fourth-order valence-electron chi connectivity index (χ4n) is 2.35. The Balaban J connectivity index is 0. The summed E-state index contributed by atoms with van der Waals surface area (Å²) in [5.74, 6) is -0.124. The quantitative estimate of drug-likeness (QED) is 0.300. The number of amides is 2. The summed E-state index contributed by atoms with van der Waals surface area (Å²) in [6, 6.07) is 0. The first-order valence-electron chi connectivity index (χ1n) is 10.9. The van der Waals surface area contributed by atoms with Crippen molar-refractivity contribution in [1.82, 2.24) is 5.32 Å². The van der Waals surface area contributed by atoms with Crippen molar-refractivity contribution in [3.05, 3.63) is 12.7 Å². The van der Waals surface area contributed by atoms with Gasteiger partial charge in [0.05, 0.1) is 12.7 Å². The fraction of sp³-hybridized carbons (Fsp3) is 0.783. The van der Waals surface area contributed by atoms with Gasteiger partial charge >= 0.3 is 18.2 Å². The van der Waals surface area contributed by atoms with Crippen molar-refractivity contribution in [3.8, 4) is 0 Å². The van der Waals surface area contributed by atoms with Crippen molar-refractivity contribution in [2.24, 2.45) is 0 Å². The Kier molecular flexibility index (Phi) is 16.5. The monoisotopic (exact) mass is 461 g/mol. The first-order valence-corrected chi connectivity index (χ1v) is 10.9. The Hall–Kier alpha value is -2.13. The van der Waals surface area contributed by atoms with Crippen molar-refractivity contribution >= 4 is 18.2 Å². The minimum absolute atomic E-state index is 0.0833. The molecule has 1 fully saturated rings. The van der Waals surface area contributed by atoms with E-state index in [1.54, 1.807) is 41.5 Å². The first-order chi connectivity index (χ1) is 14.6. The lowest BCUT2D eigenvalue weighted by atomic mass is 10.0. The maximum Gasteiger partial charge on any atom is 0.417 e. The highest BCUT2D eigenvalue weighted by atomic mass is 16.6. The van der Waals surface area contributed by atoms with Gasteiger partial charge in [0.2, 0.25) is 0 Å². The number of rotatable bonds is 1. The Bertz CT molecular complexity index is 537. The smallest absolute Gasteiger partial charge is 0.417 e. The van der Waals surface area contributed by atoms with Crippen LogP contribution in [0, 0.1) is 0 Å². The SMILES string of the molecule is C=CCO.CC(C)(C)OC(=O)NC(=O)OC(C)(C)C.CC1CC(O)CCCCCC(=O)O1. The molecule has 1 heterocycles. The van der Waals surface area contributed by atoms with Crippen LogP contribution in [0.3, 0.4) is 0 Å². The lowest BCUT2D eigenvalue weighted by Crippen LogP contribution is -2.39. The van der Waals surface area contributed by atoms with Crippen molar-refractivity contribution in [2.75, 3.05) is 6.61 Å². The molecule has 32 heavy (non-hydrogen) atoms. The molecule has 1 aliphatic rings. The molecule has 2 amide bonds. The predicted molar refractivity (Wildman–Crippen MR) is 122 cm³/mol. The van der Waals surface area contributed by atoms with E-state index in [4.69, 9.17) is 19.3 Å². The molecule has 0 radical (unpaired) electrons. The van der Waals surface area contributed by atoms with Crippen LogP contribution in [0.1, 0.15) is 87.0 Å². The molecular formula is C23H43NO8. The zero-order chi connectivity index (χ0) is 25.4. The molecule has 9 nitrogen and oxygen atoms in total. The van der Waals surface area contributed by atoms with Crippen LogP contribution in [0.25, 0.3) is 0 Å². The first kappa shape index (κ1) is 32.1. The minimum atomic E-state index is -0.809. The molecule has 0 aromatic carbocycles. The molecule has 0 spiro atoms. The van der Waals surface area contributed by atoms with Gasteiger partial charge in [0.15, 0.2) is 0 Å². The molecule has 1 rings (SSSR count). The van der Waals surface area contributed by atoms with Gasteiger partial charge in [-0.05, 0) is 61.3 Å². The van der Waals surface area contributed by atoms with E-state index in [0.717, 1.165) is 25.7 Å². The highest BCUT2D eigenvalue weighted by molar-refractivity contribution is 5.87. The van der Waals surface area contributed by atoms with E-state index in [9.17, 15) is 19.5 Å². The second kappa shape index (κ2) is 16.5. The lowest BCUT2D eigenvalue weighted by Gasteiger charge is -2.21. The topological polar surface area (TPSA) is 131 Å². The van der Waals surface area contributed by atoms with Crippen LogP contribution in [0.4, 0.5) is 9.59 Å². The summed E-state index contributed by atoms with van der Waals surface area (Å²) in [5.41, 5.74) is -1.27. The summed E-state index contributed by atoms with van der Waals surface area (Å²) in [6.45, 7) is 15.4. The van der Waals surface area contributed by atoms with Crippen molar-refractivity contribution in [1.29, 1.82) is 0 Å². The predicted octanol–water partition coefficient (Wildman–Crippen LogP) is 4.24. The van der Waals surface area contributed by atoms with Gasteiger partial charge in [-0.1, -0.05) is 18.9 Å². The van der Waals surface area contributed by atoms with E-state index in [2.05, 4.69) is 6.58 Å². The van der Waals surface area contributed by atoms with Gasteiger partial charge in [0.25, 0.3) is 0 Å². The van der Waals surface area contributed by atoms with E-state index < -0.39 is 23.4 Å². The molecular weight excluding hydrogens is 418 g/mol. The Labute approximate surface area is 192 Å². The van der Waals surface area contributed by atoms with Crippen molar-refractivity contribution < 1.29 is 38.8 Å². The zero-order valence-electron chi connectivity index (χ0n) is 20.7. The summed E-state index contributed by atoms with van der Waals surface area (Å²) in [7, 11) is 0. The number of hydrogen-bond acceptors (Lipinski definition) is 8. The molecule has 2 atom stereocenters. The highest BCUT2D eigenvalue weighted by Crippen LogP contribution is 2.15. The van der Waals surface area contributed by atoms with Crippen molar-refractivity contribution in [3.63, 3.8) is 0 Å². The number of esters is 1. The molecule has 0 aromatic heterocycles. The van der Waals surface area contributed by atoms with Crippen LogP contribution in [-0.4, -0.2) is 58.4 Å². The minimum Gasteiger partial charge on any atom is -0.463 e. The fourth-order valence-corrected chi connectivity index (χ4v) is 2.35. The largest absolute Gasteiger partial charge is 0.463 e. The molecule has 3 N–H and O–H groups in total. The molecule has 0 saturated carbocycles. The second-order valence-electron chi connectivity index (χ2n) is 9.39.